The van der Waals surface area contributed by atoms with Crippen LogP contribution < -0.4 is 20.3 Å². The number of ether oxygens (including phenoxy) is 1. The fraction of sp³-hybridized carbons (Fsp3) is 0.308. The molecule has 2 amide bonds. The number of carbonyl (C=O) groups excluding carboxylic acids is 2. The van der Waals surface area contributed by atoms with Gasteiger partial charge in [-0.3, -0.25) is 9.59 Å². The molecule has 1 fully saturated rings. The SMILES string of the molecule is CCc1ccc(Oc2nccnc2N2CCC(C(=O)Nc3ccc(NC(C)=O)cc3)CC2)cc1. The first-order valence-electron chi connectivity index (χ1n) is 11.5. The van der Waals surface area contributed by atoms with E-state index in [1.165, 1.54) is 12.5 Å². The standard InChI is InChI=1S/C26H29N5O3/c1-3-19-4-10-23(11-5-19)34-26-24(27-14-15-28-26)31-16-12-20(13-17-31)25(33)30-22-8-6-21(7-9-22)29-18(2)32/h4-11,14-15,20H,3,12-13,16-17H2,1-2H3,(H,29,32)(H,30,33). The summed E-state index contributed by atoms with van der Waals surface area (Å²) in [5.74, 6) is 1.66. The zero-order chi connectivity index (χ0) is 23.9. The van der Waals surface area contributed by atoms with Gasteiger partial charge < -0.3 is 20.3 Å². The van der Waals surface area contributed by atoms with Crippen molar-refractivity contribution in [3.05, 3.63) is 66.5 Å². The van der Waals surface area contributed by atoms with Crippen molar-refractivity contribution in [2.75, 3.05) is 28.6 Å². The van der Waals surface area contributed by atoms with Crippen molar-refractivity contribution in [2.24, 2.45) is 5.92 Å². The number of rotatable bonds is 7. The molecular formula is C26H29N5O3. The number of aryl methyl sites for hydroxylation is 1. The summed E-state index contributed by atoms with van der Waals surface area (Å²) in [4.78, 5) is 34.9. The summed E-state index contributed by atoms with van der Waals surface area (Å²) in [6, 6.07) is 15.1. The lowest BCUT2D eigenvalue weighted by Crippen LogP contribution is -2.38. The first-order chi connectivity index (χ1) is 16.5. The van der Waals surface area contributed by atoms with Crippen LogP contribution >= 0.6 is 0 Å². The van der Waals surface area contributed by atoms with Crippen molar-refractivity contribution in [1.29, 1.82) is 0 Å². The molecule has 8 nitrogen and oxygen atoms in total. The zero-order valence-electron chi connectivity index (χ0n) is 19.5. The smallest absolute Gasteiger partial charge is 0.263 e. The van der Waals surface area contributed by atoms with Gasteiger partial charge in [-0.05, 0) is 61.2 Å². The molecule has 2 aromatic carbocycles. The molecule has 0 atom stereocenters. The maximum Gasteiger partial charge on any atom is 0.263 e. The molecule has 0 radical (unpaired) electrons. The number of hydrogen-bond acceptors (Lipinski definition) is 6. The molecule has 0 unspecified atom stereocenters. The van der Waals surface area contributed by atoms with Crippen LogP contribution in [0.25, 0.3) is 0 Å². The second-order valence-electron chi connectivity index (χ2n) is 8.29. The summed E-state index contributed by atoms with van der Waals surface area (Å²) in [7, 11) is 0. The van der Waals surface area contributed by atoms with E-state index in [2.05, 4.69) is 32.4 Å². The number of amides is 2. The Morgan fingerprint density at radius 3 is 2.18 bits per heavy atom. The predicted octanol–water partition coefficient (Wildman–Crippen LogP) is 4.64. The molecular weight excluding hydrogens is 430 g/mol. The van der Waals surface area contributed by atoms with Gasteiger partial charge in [-0.1, -0.05) is 19.1 Å². The highest BCUT2D eigenvalue weighted by molar-refractivity contribution is 5.93. The fourth-order valence-corrected chi connectivity index (χ4v) is 3.95. The predicted molar refractivity (Wildman–Crippen MR) is 132 cm³/mol. The van der Waals surface area contributed by atoms with E-state index in [0.29, 0.717) is 49.0 Å². The molecule has 0 saturated carbocycles. The molecule has 3 aromatic rings. The maximum atomic E-state index is 12.8. The highest BCUT2D eigenvalue weighted by Gasteiger charge is 2.27. The van der Waals surface area contributed by atoms with E-state index >= 15 is 0 Å². The van der Waals surface area contributed by atoms with Gasteiger partial charge >= 0.3 is 0 Å². The zero-order valence-corrected chi connectivity index (χ0v) is 19.5. The minimum absolute atomic E-state index is 0.00133. The molecule has 0 aliphatic carbocycles. The Kier molecular flexibility index (Phi) is 7.37. The summed E-state index contributed by atoms with van der Waals surface area (Å²) in [5, 5.41) is 5.69. The van der Waals surface area contributed by atoms with Crippen LogP contribution in [0.2, 0.25) is 0 Å². The molecule has 8 heteroatoms. The van der Waals surface area contributed by atoms with E-state index in [1.807, 2.05) is 24.3 Å². The lowest BCUT2D eigenvalue weighted by Gasteiger charge is -2.32. The van der Waals surface area contributed by atoms with Crippen LogP contribution in [-0.2, 0) is 16.0 Å². The summed E-state index contributed by atoms with van der Waals surface area (Å²) >= 11 is 0. The highest BCUT2D eigenvalue weighted by Crippen LogP contribution is 2.31. The second-order valence-corrected chi connectivity index (χ2v) is 8.29. The van der Waals surface area contributed by atoms with Crippen molar-refractivity contribution in [1.82, 2.24) is 9.97 Å². The number of piperidine rings is 1. The minimum Gasteiger partial charge on any atom is -0.436 e. The van der Waals surface area contributed by atoms with Gasteiger partial charge in [0, 0.05) is 49.7 Å². The normalized spacial score (nSPS) is 13.9. The third kappa shape index (κ3) is 5.89. The number of anilines is 3. The Balaban J connectivity index is 1.34. The monoisotopic (exact) mass is 459 g/mol. The van der Waals surface area contributed by atoms with Gasteiger partial charge in [-0.15, -0.1) is 0 Å². The van der Waals surface area contributed by atoms with Crippen LogP contribution in [0, 0.1) is 5.92 Å². The number of aromatic nitrogens is 2. The first-order valence-corrected chi connectivity index (χ1v) is 11.5. The number of carbonyl (C=O) groups is 2. The molecule has 1 aromatic heterocycles. The Morgan fingerprint density at radius 1 is 0.941 bits per heavy atom. The Bertz CT molecular complexity index is 1120. The van der Waals surface area contributed by atoms with E-state index < -0.39 is 0 Å². The average Bonchev–Trinajstić information content (AvgIpc) is 2.86. The third-order valence-corrected chi connectivity index (χ3v) is 5.83. The summed E-state index contributed by atoms with van der Waals surface area (Å²) < 4.78 is 6.03. The summed E-state index contributed by atoms with van der Waals surface area (Å²) in [6.45, 7) is 4.94. The number of nitrogens with one attached hydrogen (secondary N) is 2. The molecule has 0 bridgehead atoms. The third-order valence-electron chi connectivity index (χ3n) is 5.83. The van der Waals surface area contributed by atoms with Crippen molar-refractivity contribution in [2.45, 2.75) is 33.1 Å². The minimum atomic E-state index is -0.130. The molecule has 2 N–H and O–H groups in total. The summed E-state index contributed by atoms with van der Waals surface area (Å²) in [6.07, 6.45) is 5.66. The van der Waals surface area contributed by atoms with Gasteiger partial charge in [0.05, 0.1) is 0 Å². The van der Waals surface area contributed by atoms with Gasteiger partial charge in [-0.25, -0.2) is 9.97 Å². The number of nitrogens with zero attached hydrogens (tertiary/aromatic N) is 3. The molecule has 34 heavy (non-hydrogen) atoms. The molecule has 0 spiro atoms. The molecule has 1 aliphatic rings. The van der Waals surface area contributed by atoms with Crippen LogP contribution in [0.3, 0.4) is 0 Å². The second kappa shape index (κ2) is 10.8. The van der Waals surface area contributed by atoms with E-state index in [1.54, 1.807) is 36.7 Å². The molecule has 1 aliphatic heterocycles. The van der Waals surface area contributed by atoms with E-state index in [9.17, 15) is 9.59 Å². The Labute approximate surface area is 199 Å². The first kappa shape index (κ1) is 23.2. The van der Waals surface area contributed by atoms with Crippen LogP contribution in [0.4, 0.5) is 17.2 Å². The molecule has 2 heterocycles. The molecule has 1 saturated heterocycles. The Hall–Kier alpha value is -3.94. The van der Waals surface area contributed by atoms with Crippen molar-refractivity contribution in [3.8, 4) is 11.6 Å². The van der Waals surface area contributed by atoms with Crippen LogP contribution in [0.5, 0.6) is 11.6 Å². The number of benzene rings is 2. The topological polar surface area (TPSA) is 96.5 Å². The van der Waals surface area contributed by atoms with Crippen molar-refractivity contribution in [3.63, 3.8) is 0 Å². The lowest BCUT2D eigenvalue weighted by molar-refractivity contribution is -0.120. The van der Waals surface area contributed by atoms with Gasteiger partial charge in [0.1, 0.15) is 5.75 Å². The average molecular weight is 460 g/mol. The number of hydrogen-bond donors (Lipinski definition) is 2. The quantitative estimate of drug-likeness (QED) is 0.534. The van der Waals surface area contributed by atoms with Gasteiger partial charge in [0.25, 0.3) is 5.88 Å². The lowest BCUT2D eigenvalue weighted by atomic mass is 9.96. The van der Waals surface area contributed by atoms with Gasteiger partial charge in [0.15, 0.2) is 5.82 Å². The Morgan fingerprint density at radius 2 is 1.56 bits per heavy atom. The van der Waals surface area contributed by atoms with Gasteiger partial charge in [-0.2, -0.15) is 0 Å². The van der Waals surface area contributed by atoms with Crippen molar-refractivity contribution >= 4 is 29.0 Å². The van der Waals surface area contributed by atoms with Crippen molar-refractivity contribution < 1.29 is 14.3 Å². The molecule has 4 rings (SSSR count). The largest absolute Gasteiger partial charge is 0.436 e. The highest BCUT2D eigenvalue weighted by atomic mass is 16.5. The van der Waals surface area contributed by atoms with Gasteiger partial charge in [0.2, 0.25) is 11.8 Å². The van der Waals surface area contributed by atoms with E-state index in [0.717, 1.165) is 12.2 Å². The van der Waals surface area contributed by atoms with Crippen LogP contribution in [0.15, 0.2) is 60.9 Å². The maximum absolute atomic E-state index is 12.8. The van der Waals surface area contributed by atoms with E-state index in [-0.39, 0.29) is 17.7 Å². The van der Waals surface area contributed by atoms with E-state index in [4.69, 9.17) is 4.74 Å². The molecule has 176 valence electrons. The van der Waals surface area contributed by atoms with Crippen LogP contribution in [0.1, 0.15) is 32.3 Å². The summed E-state index contributed by atoms with van der Waals surface area (Å²) in [5.41, 5.74) is 2.65. The van der Waals surface area contributed by atoms with Crippen LogP contribution in [-0.4, -0.2) is 34.9 Å². The fourth-order valence-electron chi connectivity index (χ4n) is 3.95.